The summed E-state index contributed by atoms with van der Waals surface area (Å²) >= 11 is 0. The van der Waals surface area contributed by atoms with Crippen LogP contribution in [0.25, 0.3) is 37.6 Å². The summed E-state index contributed by atoms with van der Waals surface area (Å²) in [6.45, 7) is 17.5. The summed E-state index contributed by atoms with van der Waals surface area (Å²) in [5.41, 5.74) is 2.41. The van der Waals surface area contributed by atoms with Crippen molar-refractivity contribution >= 4 is 46.3 Å². The van der Waals surface area contributed by atoms with E-state index in [0.717, 1.165) is 27.4 Å². The standard InChI is InChI=1S/C23H19N2Si.C5H8O2.Ir/c1-24-22-15-18(13-16-7-5-6-8-20(16)22)23-21-10-9-19(26(2,3)4)14-17(21)11-12-25-23;1-4(6)3-5(2)7;/h5-12,14-15H,2-4H3;3,6H,1-2H3;/q-1;;/b;4-3-;. The third kappa shape index (κ3) is 6.48. The minimum absolute atomic E-state index is 0. The fourth-order valence-electron chi connectivity index (χ4n) is 3.58. The first-order valence-electron chi connectivity index (χ1n) is 10.7. The van der Waals surface area contributed by atoms with Crippen LogP contribution in [-0.4, -0.2) is 23.9 Å². The molecule has 0 aliphatic heterocycles. The van der Waals surface area contributed by atoms with Crippen LogP contribution in [0.15, 0.2) is 72.6 Å². The molecule has 4 nitrogen and oxygen atoms in total. The van der Waals surface area contributed by atoms with Crippen molar-refractivity contribution in [2.45, 2.75) is 33.5 Å². The SMILES string of the molecule is CC(=O)/C=C(/C)O.[C-]#[N+]c1cc(-c2nccc3cc([Si](C)(C)C)ccc23)[c-]c2ccccc12.[Ir]. The molecule has 0 atom stereocenters. The van der Waals surface area contributed by atoms with E-state index in [4.69, 9.17) is 11.7 Å². The van der Waals surface area contributed by atoms with Gasteiger partial charge >= 0.3 is 0 Å². The predicted octanol–water partition coefficient (Wildman–Crippen LogP) is 6.99. The normalized spacial score (nSPS) is 11.2. The summed E-state index contributed by atoms with van der Waals surface area (Å²) < 4.78 is 0. The van der Waals surface area contributed by atoms with Gasteiger partial charge in [0, 0.05) is 38.1 Å². The first-order chi connectivity index (χ1) is 15.6. The van der Waals surface area contributed by atoms with Crippen molar-refractivity contribution in [3.05, 3.63) is 90.1 Å². The Morgan fingerprint density at radius 3 is 2.35 bits per heavy atom. The van der Waals surface area contributed by atoms with Crippen LogP contribution < -0.4 is 5.19 Å². The summed E-state index contributed by atoms with van der Waals surface area (Å²) in [6, 6.07) is 22.0. The third-order valence-corrected chi connectivity index (χ3v) is 7.21. The number of benzene rings is 3. The molecule has 0 saturated carbocycles. The van der Waals surface area contributed by atoms with Crippen LogP contribution in [0.5, 0.6) is 0 Å². The maximum atomic E-state index is 10.0. The largest absolute Gasteiger partial charge is 0.512 e. The molecule has 0 spiro atoms. The number of ketones is 1. The quantitative estimate of drug-likeness (QED) is 0.113. The Balaban J connectivity index is 0.000000449. The minimum Gasteiger partial charge on any atom is -0.512 e. The van der Waals surface area contributed by atoms with Crippen LogP contribution in [0.1, 0.15) is 13.8 Å². The molecule has 0 unspecified atom stereocenters. The monoisotopic (exact) mass is 644 g/mol. The van der Waals surface area contributed by atoms with Gasteiger partial charge in [-0.3, -0.25) is 14.6 Å². The second-order valence-electron chi connectivity index (χ2n) is 8.97. The number of hydrogen-bond donors (Lipinski definition) is 1. The number of nitrogens with zero attached hydrogens (tertiary/aromatic N) is 2. The van der Waals surface area contributed by atoms with Crippen LogP contribution in [0.3, 0.4) is 0 Å². The van der Waals surface area contributed by atoms with E-state index < -0.39 is 8.07 Å². The number of aromatic nitrogens is 1. The van der Waals surface area contributed by atoms with E-state index in [1.54, 1.807) is 0 Å². The van der Waals surface area contributed by atoms with Crippen LogP contribution in [0, 0.1) is 12.6 Å². The Hall–Kier alpha value is -3.10. The number of aliphatic hydroxyl groups excluding tert-OH is 1. The van der Waals surface area contributed by atoms with E-state index >= 15 is 0 Å². The Morgan fingerprint density at radius 1 is 1.06 bits per heavy atom. The fourth-order valence-corrected chi connectivity index (χ4v) is 4.76. The second kappa shape index (κ2) is 11.4. The fraction of sp³-hybridized carbons (Fsp3) is 0.179. The molecule has 0 amide bonds. The molecule has 175 valence electrons. The van der Waals surface area contributed by atoms with E-state index in [2.05, 4.69) is 59.8 Å². The molecule has 34 heavy (non-hydrogen) atoms. The molecular weight excluding hydrogens is 617 g/mol. The van der Waals surface area contributed by atoms with Crippen LogP contribution >= 0.6 is 0 Å². The van der Waals surface area contributed by atoms with E-state index in [1.165, 1.54) is 30.5 Å². The van der Waals surface area contributed by atoms with Crippen molar-refractivity contribution in [3.8, 4) is 11.3 Å². The number of aliphatic hydroxyl groups is 1. The van der Waals surface area contributed by atoms with E-state index in [9.17, 15) is 4.79 Å². The summed E-state index contributed by atoms with van der Waals surface area (Å²) in [7, 11) is -1.37. The summed E-state index contributed by atoms with van der Waals surface area (Å²) in [5, 5.41) is 14.0. The van der Waals surface area contributed by atoms with Crippen molar-refractivity contribution in [3.63, 3.8) is 0 Å². The molecule has 1 heterocycles. The number of pyridine rings is 1. The predicted molar refractivity (Wildman–Crippen MR) is 140 cm³/mol. The molecule has 4 rings (SSSR count). The van der Waals surface area contributed by atoms with Gasteiger partial charge in [-0.15, -0.1) is 35.2 Å². The van der Waals surface area contributed by atoms with E-state index in [-0.39, 0.29) is 31.6 Å². The van der Waals surface area contributed by atoms with Crippen molar-refractivity contribution in [2.75, 3.05) is 0 Å². The van der Waals surface area contributed by atoms with Gasteiger partial charge in [0.15, 0.2) is 5.78 Å². The maximum absolute atomic E-state index is 10.0. The summed E-state index contributed by atoms with van der Waals surface area (Å²) in [6.07, 6.45) is 3.02. The second-order valence-corrected chi connectivity index (χ2v) is 14.0. The number of fused-ring (bicyclic) bond motifs is 2. The maximum Gasteiger partial charge on any atom is 0.155 e. The third-order valence-electron chi connectivity index (χ3n) is 5.17. The molecule has 3 aromatic carbocycles. The molecular formula is C28H27IrN2O2Si-. The molecule has 1 N–H and O–H groups in total. The van der Waals surface area contributed by atoms with Gasteiger partial charge in [-0.25, -0.2) is 0 Å². The number of carbonyl (C=O) groups is 1. The summed E-state index contributed by atoms with van der Waals surface area (Å²) in [4.78, 5) is 18.4. The smallest absolute Gasteiger partial charge is 0.155 e. The molecule has 0 aliphatic rings. The van der Waals surface area contributed by atoms with Crippen LogP contribution in [0.4, 0.5) is 5.69 Å². The zero-order valence-electron chi connectivity index (χ0n) is 19.9. The number of allylic oxidation sites excluding steroid dienone is 2. The van der Waals surface area contributed by atoms with Gasteiger partial charge in [0.1, 0.15) is 5.69 Å². The molecule has 6 heteroatoms. The van der Waals surface area contributed by atoms with Crippen molar-refractivity contribution in [2.24, 2.45) is 0 Å². The Kier molecular flexibility index (Phi) is 9.06. The topological polar surface area (TPSA) is 54.5 Å². The average molecular weight is 644 g/mol. The van der Waals surface area contributed by atoms with Crippen molar-refractivity contribution in [1.82, 2.24) is 4.98 Å². The van der Waals surface area contributed by atoms with Gasteiger partial charge in [-0.1, -0.05) is 60.5 Å². The number of rotatable bonds is 3. The van der Waals surface area contributed by atoms with Crippen LogP contribution in [0.2, 0.25) is 19.6 Å². The Morgan fingerprint density at radius 2 is 1.76 bits per heavy atom. The van der Waals surface area contributed by atoms with Gasteiger partial charge in [-0.2, -0.15) is 0 Å². The molecule has 1 aromatic heterocycles. The first kappa shape index (κ1) is 27.1. The van der Waals surface area contributed by atoms with Gasteiger partial charge in [0.25, 0.3) is 0 Å². The molecule has 0 saturated heterocycles. The molecule has 4 aromatic rings. The molecule has 1 radical (unpaired) electrons. The zero-order valence-corrected chi connectivity index (χ0v) is 23.3. The minimum atomic E-state index is -1.37. The van der Waals surface area contributed by atoms with Gasteiger partial charge in [0.2, 0.25) is 0 Å². The van der Waals surface area contributed by atoms with Crippen molar-refractivity contribution < 1.29 is 30.0 Å². The average Bonchev–Trinajstić information content (AvgIpc) is 2.76. The molecule has 0 aliphatic carbocycles. The van der Waals surface area contributed by atoms with Gasteiger partial charge < -0.3 is 5.11 Å². The van der Waals surface area contributed by atoms with Gasteiger partial charge in [0.05, 0.1) is 20.4 Å². The van der Waals surface area contributed by atoms with E-state index in [0.29, 0.717) is 5.69 Å². The number of carbonyl (C=O) groups excluding carboxylic acids is 1. The Labute approximate surface area is 215 Å². The Bertz CT molecular complexity index is 1410. The van der Waals surface area contributed by atoms with Crippen molar-refractivity contribution in [1.29, 1.82) is 0 Å². The summed E-state index contributed by atoms with van der Waals surface area (Å²) in [5.74, 6) is -0.0625. The van der Waals surface area contributed by atoms with E-state index in [1.807, 2.05) is 36.5 Å². The first-order valence-corrected chi connectivity index (χ1v) is 14.2. The number of hydrogen-bond acceptors (Lipinski definition) is 3. The van der Waals surface area contributed by atoms with Gasteiger partial charge in [-0.05, 0) is 30.7 Å². The zero-order chi connectivity index (χ0) is 24.2. The van der Waals surface area contributed by atoms with Crippen LogP contribution in [-0.2, 0) is 24.9 Å². The molecule has 0 bridgehead atoms. The molecule has 0 fully saturated rings.